The normalized spacial score (nSPS) is 17.1. The van der Waals surface area contributed by atoms with Crippen LogP contribution >= 0.6 is 0 Å². The lowest BCUT2D eigenvalue weighted by Gasteiger charge is -2.36. The van der Waals surface area contributed by atoms with Crippen LogP contribution in [0.1, 0.15) is 36.3 Å². The summed E-state index contributed by atoms with van der Waals surface area (Å²) in [6.07, 6.45) is 4.85. The zero-order chi connectivity index (χ0) is 17.1. The summed E-state index contributed by atoms with van der Waals surface area (Å²) in [4.78, 5) is 4.41. The lowest BCUT2D eigenvalue weighted by atomic mass is 9.83. The number of aryl methyl sites for hydroxylation is 2. The summed E-state index contributed by atoms with van der Waals surface area (Å²) in [6, 6.07) is 3.96. The molecule has 4 rings (SSSR count). The molecule has 1 fully saturated rings. The van der Waals surface area contributed by atoms with Crippen molar-refractivity contribution in [3.63, 3.8) is 0 Å². The Hall–Kier alpha value is -2.22. The Balaban J connectivity index is 1.83. The third kappa shape index (κ3) is 1.95. The summed E-state index contributed by atoms with van der Waals surface area (Å²) in [5.74, 6) is 0.563. The van der Waals surface area contributed by atoms with Gasteiger partial charge in [0.25, 0.3) is 5.89 Å². The molecule has 126 valence electrons. The molecule has 3 aromatic heterocycles. The van der Waals surface area contributed by atoms with E-state index in [9.17, 15) is 8.42 Å². The van der Waals surface area contributed by atoms with Crippen molar-refractivity contribution in [3.05, 3.63) is 35.4 Å². The number of nitrogens with zero attached hydrogens (tertiary/aromatic N) is 4. The van der Waals surface area contributed by atoms with Gasteiger partial charge >= 0.3 is 0 Å². The van der Waals surface area contributed by atoms with Gasteiger partial charge in [-0.15, -0.1) is 0 Å². The van der Waals surface area contributed by atoms with Crippen LogP contribution in [0.3, 0.4) is 0 Å². The van der Waals surface area contributed by atoms with Gasteiger partial charge in [0.15, 0.2) is 15.7 Å². The first-order valence-electron chi connectivity index (χ1n) is 7.82. The van der Waals surface area contributed by atoms with Gasteiger partial charge < -0.3 is 4.52 Å². The minimum absolute atomic E-state index is 0.259. The van der Waals surface area contributed by atoms with E-state index in [0.29, 0.717) is 24.3 Å². The van der Waals surface area contributed by atoms with Crippen molar-refractivity contribution in [2.75, 3.05) is 6.26 Å². The van der Waals surface area contributed by atoms with Crippen molar-refractivity contribution in [2.45, 2.75) is 37.9 Å². The predicted molar refractivity (Wildman–Crippen MR) is 88.3 cm³/mol. The molecule has 0 aliphatic heterocycles. The summed E-state index contributed by atoms with van der Waals surface area (Å²) >= 11 is 0. The molecule has 0 radical (unpaired) electrons. The Morgan fingerprint density at radius 1 is 1.25 bits per heavy atom. The third-order valence-corrected chi connectivity index (χ3v) is 7.13. The van der Waals surface area contributed by atoms with Gasteiger partial charge in [0.2, 0.25) is 0 Å². The monoisotopic (exact) mass is 346 g/mol. The molecule has 3 aromatic rings. The molecule has 0 bridgehead atoms. The van der Waals surface area contributed by atoms with Crippen LogP contribution in [-0.2, 0) is 14.6 Å². The molecular formula is C16H18N4O3S. The molecule has 0 saturated heterocycles. The third-order valence-electron chi connectivity index (χ3n) is 5.12. The SMILES string of the molecule is Cc1ccc2c(-c3nc(C4(S(C)(=O)=O)CCC4)no3)cnn2c1C. The Bertz CT molecular complexity index is 1040. The van der Waals surface area contributed by atoms with Crippen molar-refractivity contribution in [1.82, 2.24) is 19.8 Å². The highest BCUT2D eigenvalue weighted by molar-refractivity contribution is 7.91. The van der Waals surface area contributed by atoms with Crippen LogP contribution in [0.5, 0.6) is 0 Å². The zero-order valence-corrected chi connectivity index (χ0v) is 14.6. The van der Waals surface area contributed by atoms with E-state index in [4.69, 9.17) is 4.52 Å². The highest BCUT2D eigenvalue weighted by Gasteiger charge is 2.51. The molecule has 0 unspecified atom stereocenters. The Morgan fingerprint density at radius 3 is 2.62 bits per heavy atom. The second-order valence-corrected chi connectivity index (χ2v) is 8.83. The van der Waals surface area contributed by atoms with E-state index in [1.807, 2.05) is 30.5 Å². The van der Waals surface area contributed by atoms with Crippen LogP contribution in [0.25, 0.3) is 17.0 Å². The van der Waals surface area contributed by atoms with E-state index in [1.54, 1.807) is 6.20 Å². The smallest absolute Gasteiger partial charge is 0.261 e. The molecule has 1 aliphatic rings. The predicted octanol–water partition coefficient (Wildman–Crippen LogP) is 2.42. The average Bonchev–Trinajstić information content (AvgIpc) is 3.06. The quantitative estimate of drug-likeness (QED) is 0.723. The highest BCUT2D eigenvalue weighted by Crippen LogP contribution is 2.46. The topological polar surface area (TPSA) is 90.4 Å². The van der Waals surface area contributed by atoms with Crippen molar-refractivity contribution in [3.8, 4) is 11.5 Å². The number of aromatic nitrogens is 4. The molecule has 24 heavy (non-hydrogen) atoms. The van der Waals surface area contributed by atoms with Crippen molar-refractivity contribution in [2.24, 2.45) is 0 Å². The van der Waals surface area contributed by atoms with Gasteiger partial charge in [-0.2, -0.15) is 10.1 Å². The molecule has 0 spiro atoms. The van der Waals surface area contributed by atoms with Gasteiger partial charge in [-0.25, -0.2) is 12.9 Å². The van der Waals surface area contributed by atoms with Crippen molar-refractivity contribution in [1.29, 1.82) is 0 Å². The Kier molecular flexibility index (Phi) is 3.12. The van der Waals surface area contributed by atoms with E-state index < -0.39 is 14.6 Å². The minimum atomic E-state index is -3.30. The van der Waals surface area contributed by atoms with Crippen molar-refractivity contribution >= 4 is 15.4 Å². The number of hydrogen-bond acceptors (Lipinski definition) is 6. The maximum Gasteiger partial charge on any atom is 0.261 e. The second-order valence-electron chi connectivity index (χ2n) is 6.50. The maximum absolute atomic E-state index is 12.2. The number of pyridine rings is 1. The molecular weight excluding hydrogens is 328 g/mol. The Morgan fingerprint density at radius 2 is 2.00 bits per heavy atom. The van der Waals surface area contributed by atoms with E-state index in [2.05, 4.69) is 15.2 Å². The van der Waals surface area contributed by atoms with Gasteiger partial charge in [-0.1, -0.05) is 11.2 Å². The molecule has 8 heteroatoms. The van der Waals surface area contributed by atoms with Crippen LogP contribution in [0, 0.1) is 13.8 Å². The Labute approximate surface area is 139 Å². The lowest BCUT2D eigenvalue weighted by molar-refractivity contribution is 0.314. The zero-order valence-electron chi connectivity index (χ0n) is 13.8. The van der Waals surface area contributed by atoms with Gasteiger partial charge in [0, 0.05) is 11.9 Å². The van der Waals surface area contributed by atoms with Gasteiger partial charge in [-0.3, -0.25) is 0 Å². The van der Waals surface area contributed by atoms with E-state index in [1.165, 1.54) is 6.26 Å². The van der Waals surface area contributed by atoms with Crippen molar-refractivity contribution < 1.29 is 12.9 Å². The summed E-state index contributed by atoms with van der Waals surface area (Å²) in [5.41, 5.74) is 3.73. The molecule has 3 heterocycles. The first-order valence-corrected chi connectivity index (χ1v) is 9.71. The standard InChI is InChI=1S/C16H18N4O3S/c1-10-5-6-13-12(9-17-20(13)11(10)2)14-18-15(19-23-14)16(7-4-8-16)24(3,21)22/h5-6,9H,4,7-8H2,1-3H3. The molecule has 1 saturated carbocycles. The summed E-state index contributed by atoms with van der Waals surface area (Å²) in [5, 5.41) is 8.36. The largest absolute Gasteiger partial charge is 0.334 e. The van der Waals surface area contributed by atoms with Crippen LogP contribution < -0.4 is 0 Å². The van der Waals surface area contributed by atoms with Gasteiger partial charge in [0.05, 0.1) is 17.3 Å². The van der Waals surface area contributed by atoms with Crippen LogP contribution in [0.4, 0.5) is 0 Å². The lowest BCUT2D eigenvalue weighted by Crippen LogP contribution is -2.42. The van der Waals surface area contributed by atoms with Crippen LogP contribution in [0.15, 0.2) is 22.9 Å². The molecule has 7 nitrogen and oxygen atoms in total. The van der Waals surface area contributed by atoms with E-state index in [0.717, 1.165) is 23.2 Å². The number of sulfone groups is 1. The van der Waals surface area contributed by atoms with Gasteiger partial charge in [0.1, 0.15) is 4.75 Å². The van der Waals surface area contributed by atoms with Gasteiger partial charge in [-0.05, 0) is 44.7 Å². The fraction of sp³-hybridized carbons (Fsp3) is 0.438. The molecule has 0 amide bonds. The number of fused-ring (bicyclic) bond motifs is 1. The minimum Gasteiger partial charge on any atom is -0.334 e. The average molecular weight is 346 g/mol. The fourth-order valence-corrected chi connectivity index (χ4v) is 4.66. The van der Waals surface area contributed by atoms with Crippen LogP contribution in [-0.4, -0.2) is 34.4 Å². The molecule has 0 N–H and O–H groups in total. The summed E-state index contributed by atoms with van der Waals surface area (Å²) < 4.78 is 30.6. The first-order chi connectivity index (χ1) is 11.3. The molecule has 0 aromatic carbocycles. The number of hydrogen-bond donors (Lipinski definition) is 0. The second kappa shape index (κ2) is 4.89. The van der Waals surface area contributed by atoms with E-state index in [-0.39, 0.29) is 5.82 Å². The maximum atomic E-state index is 12.2. The molecule has 0 atom stereocenters. The van der Waals surface area contributed by atoms with E-state index >= 15 is 0 Å². The number of rotatable bonds is 3. The summed E-state index contributed by atoms with van der Waals surface area (Å²) in [6.45, 7) is 4.01. The summed E-state index contributed by atoms with van der Waals surface area (Å²) in [7, 11) is -3.30. The highest BCUT2D eigenvalue weighted by atomic mass is 32.2. The first kappa shape index (κ1) is 15.3. The molecule has 1 aliphatic carbocycles. The fourth-order valence-electron chi connectivity index (χ4n) is 3.22. The van der Waals surface area contributed by atoms with Crippen LogP contribution in [0.2, 0.25) is 0 Å².